The number of thioether (sulfide) groups is 2. The van der Waals surface area contributed by atoms with Gasteiger partial charge in [0.25, 0.3) is 0 Å². The fourth-order valence-corrected chi connectivity index (χ4v) is 3.70. The van der Waals surface area contributed by atoms with Crippen molar-refractivity contribution in [3.63, 3.8) is 0 Å². The third kappa shape index (κ3) is 10.4. The lowest BCUT2D eigenvalue weighted by atomic mass is 10.2. The highest BCUT2D eigenvalue weighted by Gasteiger charge is 2.14. The summed E-state index contributed by atoms with van der Waals surface area (Å²) in [7, 11) is 3.27. The van der Waals surface area contributed by atoms with Gasteiger partial charge >= 0.3 is 0 Å². The molecule has 1 rings (SSSR count). The lowest BCUT2D eigenvalue weighted by Gasteiger charge is -2.16. The summed E-state index contributed by atoms with van der Waals surface area (Å²) in [6, 6.07) is 3.90. The summed E-state index contributed by atoms with van der Waals surface area (Å²) < 4.78 is 22.7. The molecule has 156 valence electrons. The van der Waals surface area contributed by atoms with Crippen LogP contribution in [0.1, 0.15) is 18.4 Å². The zero-order chi connectivity index (χ0) is 19.7. The predicted octanol–water partition coefficient (Wildman–Crippen LogP) is 2.76. The topological polar surface area (TPSA) is 89.0 Å². The van der Waals surface area contributed by atoms with Gasteiger partial charge in [-0.3, -0.25) is 0 Å². The molecule has 4 N–H and O–H groups in total. The van der Waals surface area contributed by atoms with E-state index in [1.54, 1.807) is 14.2 Å². The lowest BCUT2D eigenvalue weighted by molar-refractivity contribution is 0.121. The maximum absolute atomic E-state index is 5.92. The Morgan fingerprint density at radius 1 is 0.815 bits per heavy atom. The second-order valence-electron chi connectivity index (χ2n) is 5.74. The minimum absolute atomic E-state index is 0.518. The van der Waals surface area contributed by atoms with Crippen molar-refractivity contribution in [2.75, 3.05) is 63.5 Å². The first kappa shape index (κ1) is 24.2. The van der Waals surface area contributed by atoms with Gasteiger partial charge in [0.05, 0.1) is 27.4 Å². The Morgan fingerprint density at radius 3 is 1.89 bits per heavy atom. The number of hydrogen-bond donors (Lipinski definition) is 2. The highest BCUT2D eigenvalue weighted by Crippen LogP contribution is 2.38. The van der Waals surface area contributed by atoms with Crippen molar-refractivity contribution in [3.8, 4) is 17.2 Å². The molecule has 0 saturated carbocycles. The Kier molecular flexibility index (Phi) is 14.5. The summed E-state index contributed by atoms with van der Waals surface area (Å²) in [6.07, 6.45) is 1.96. The van der Waals surface area contributed by atoms with Crippen LogP contribution < -0.4 is 25.7 Å². The number of methoxy groups -OCH3 is 2. The summed E-state index contributed by atoms with van der Waals surface area (Å²) in [5.74, 6) is 6.06. The molecule has 0 heterocycles. The summed E-state index contributed by atoms with van der Waals surface area (Å²) in [4.78, 5) is 0. The molecule has 27 heavy (non-hydrogen) atoms. The van der Waals surface area contributed by atoms with Crippen molar-refractivity contribution in [2.24, 2.45) is 11.5 Å². The molecule has 0 aliphatic rings. The molecule has 0 bridgehead atoms. The molecule has 8 heteroatoms. The fourth-order valence-electron chi connectivity index (χ4n) is 2.32. The molecule has 6 nitrogen and oxygen atoms in total. The molecule has 0 atom stereocenters. The second kappa shape index (κ2) is 16.2. The molecule has 0 unspecified atom stereocenters. The van der Waals surface area contributed by atoms with Crippen molar-refractivity contribution in [3.05, 3.63) is 17.7 Å². The van der Waals surface area contributed by atoms with E-state index in [1.807, 2.05) is 35.7 Å². The van der Waals surface area contributed by atoms with E-state index in [0.717, 1.165) is 54.6 Å². The molecule has 0 aliphatic heterocycles. The predicted molar refractivity (Wildman–Crippen MR) is 117 cm³/mol. The van der Waals surface area contributed by atoms with Crippen LogP contribution in [0.4, 0.5) is 0 Å². The average Bonchev–Trinajstić information content (AvgIpc) is 2.69. The number of hydrogen-bond acceptors (Lipinski definition) is 8. The highest BCUT2D eigenvalue weighted by atomic mass is 32.2. The number of rotatable bonds is 17. The maximum atomic E-state index is 5.92. The summed E-state index contributed by atoms with van der Waals surface area (Å²) >= 11 is 3.69. The van der Waals surface area contributed by atoms with E-state index in [2.05, 4.69) is 0 Å². The van der Waals surface area contributed by atoms with E-state index in [9.17, 15) is 0 Å². The molecule has 0 aromatic heterocycles. The third-order valence-corrected chi connectivity index (χ3v) is 5.77. The summed E-state index contributed by atoms with van der Waals surface area (Å²) in [6.45, 7) is 3.29. The molecular weight excluding hydrogens is 384 g/mol. The summed E-state index contributed by atoms with van der Waals surface area (Å²) in [5.41, 5.74) is 12.0. The van der Waals surface area contributed by atoms with Gasteiger partial charge in [-0.05, 0) is 42.0 Å². The van der Waals surface area contributed by atoms with E-state index in [1.165, 1.54) is 0 Å². The van der Waals surface area contributed by atoms with Gasteiger partial charge in [-0.15, -0.1) is 0 Å². The number of nitrogens with two attached hydrogens (primary N) is 2. The first-order valence-corrected chi connectivity index (χ1v) is 11.6. The van der Waals surface area contributed by atoms with Gasteiger partial charge in [0.1, 0.15) is 0 Å². The quantitative estimate of drug-likeness (QED) is 0.373. The monoisotopic (exact) mass is 418 g/mol. The van der Waals surface area contributed by atoms with Crippen LogP contribution in [0.2, 0.25) is 0 Å². The van der Waals surface area contributed by atoms with Crippen molar-refractivity contribution < 1.29 is 18.9 Å². The van der Waals surface area contributed by atoms with Crippen molar-refractivity contribution in [2.45, 2.75) is 19.4 Å². The third-order valence-electron chi connectivity index (χ3n) is 3.57. The minimum atomic E-state index is 0.518. The van der Waals surface area contributed by atoms with Crippen LogP contribution in [0.15, 0.2) is 12.1 Å². The molecule has 0 fully saturated rings. The number of benzene rings is 1. The van der Waals surface area contributed by atoms with Crippen LogP contribution in [-0.4, -0.2) is 63.5 Å². The van der Waals surface area contributed by atoms with Crippen molar-refractivity contribution >= 4 is 23.5 Å². The van der Waals surface area contributed by atoms with Crippen LogP contribution in [0.5, 0.6) is 17.2 Å². The van der Waals surface area contributed by atoms with E-state index < -0.39 is 0 Å². The summed E-state index contributed by atoms with van der Waals surface area (Å²) in [5, 5.41) is 0. The number of ether oxygens (including phenoxy) is 4. The molecule has 0 aliphatic carbocycles. The average molecular weight is 419 g/mol. The molecular formula is C19H34N2O4S2. The smallest absolute Gasteiger partial charge is 0.203 e. The largest absolute Gasteiger partial charge is 0.493 e. The van der Waals surface area contributed by atoms with E-state index in [4.69, 9.17) is 30.4 Å². The standard InChI is InChI=1S/C19H34N2O4S2/c1-22-17-13-16(15-24-7-3-9-26-11-5-20)14-18(23-2)19(17)25-8-4-10-27-12-6-21/h13-14H,3-12,15,20-21H2,1-2H3. The maximum Gasteiger partial charge on any atom is 0.203 e. The Balaban J connectivity index is 2.49. The normalized spacial score (nSPS) is 10.8. The second-order valence-corrected chi connectivity index (χ2v) is 8.19. The van der Waals surface area contributed by atoms with Gasteiger partial charge in [-0.1, -0.05) is 0 Å². The van der Waals surface area contributed by atoms with Crippen LogP contribution in [0.25, 0.3) is 0 Å². The van der Waals surface area contributed by atoms with Crippen LogP contribution >= 0.6 is 23.5 Å². The fraction of sp³-hybridized carbons (Fsp3) is 0.684. The van der Waals surface area contributed by atoms with Crippen molar-refractivity contribution in [1.29, 1.82) is 0 Å². The van der Waals surface area contributed by atoms with Gasteiger partial charge in [0, 0.05) is 31.2 Å². The van der Waals surface area contributed by atoms with Crippen LogP contribution in [-0.2, 0) is 11.3 Å². The Hall–Kier alpha value is -0.800. The molecule has 0 radical (unpaired) electrons. The minimum Gasteiger partial charge on any atom is -0.493 e. The zero-order valence-electron chi connectivity index (χ0n) is 16.5. The molecule has 0 saturated heterocycles. The van der Waals surface area contributed by atoms with Crippen LogP contribution in [0, 0.1) is 0 Å². The molecule has 0 spiro atoms. The Morgan fingerprint density at radius 2 is 1.37 bits per heavy atom. The van der Waals surface area contributed by atoms with Gasteiger partial charge in [0.2, 0.25) is 5.75 Å². The first-order valence-electron chi connectivity index (χ1n) is 9.27. The Bertz CT molecular complexity index is 482. The molecule has 1 aromatic carbocycles. The molecule has 1 aromatic rings. The lowest BCUT2D eigenvalue weighted by Crippen LogP contribution is -2.06. The zero-order valence-corrected chi connectivity index (χ0v) is 18.2. The van der Waals surface area contributed by atoms with Gasteiger partial charge in [-0.25, -0.2) is 0 Å². The Labute approximate surface area is 172 Å². The van der Waals surface area contributed by atoms with Gasteiger partial charge < -0.3 is 30.4 Å². The van der Waals surface area contributed by atoms with E-state index >= 15 is 0 Å². The highest BCUT2D eigenvalue weighted by molar-refractivity contribution is 7.99. The van der Waals surface area contributed by atoms with Gasteiger partial charge in [0.15, 0.2) is 11.5 Å². The SMILES string of the molecule is COc1cc(COCCCSCCN)cc(OC)c1OCCCSCCN. The molecule has 0 amide bonds. The van der Waals surface area contributed by atoms with Crippen LogP contribution in [0.3, 0.4) is 0 Å². The van der Waals surface area contributed by atoms with E-state index in [-0.39, 0.29) is 0 Å². The first-order chi connectivity index (χ1) is 13.3. The van der Waals surface area contributed by atoms with Gasteiger partial charge in [-0.2, -0.15) is 23.5 Å². The van der Waals surface area contributed by atoms with E-state index in [0.29, 0.717) is 37.0 Å². The van der Waals surface area contributed by atoms with Crippen molar-refractivity contribution in [1.82, 2.24) is 0 Å².